The first kappa shape index (κ1) is 22.3. The van der Waals surface area contributed by atoms with Crippen LogP contribution in [0.15, 0.2) is 67.0 Å². The molecule has 8 heteroatoms. The maximum absolute atomic E-state index is 13.2. The van der Waals surface area contributed by atoms with Gasteiger partial charge in [-0.3, -0.25) is 14.6 Å². The molecule has 170 valence electrons. The van der Waals surface area contributed by atoms with Gasteiger partial charge in [-0.25, -0.2) is 4.39 Å². The number of likely N-dealkylation sites (tertiary alicyclic amines) is 1. The van der Waals surface area contributed by atoms with Crippen LogP contribution in [0.2, 0.25) is 0 Å². The van der Waals surface area contributed by atoms with Gasteiger partial charge >= 0.3 is 0 Å². The number of carbonyl (C=O) groups excluding carboxylic acids is 2. The number of pyridine rings is 1. The number of nitrogens with zero attached hydrogens (tertiary/aromatic N) is 2. The van der Waals surface area contributed by atoms with E-state index in [1.54, 1.807) is 30.6 Å². The smallest absolute Gasteiger partial charge is 0.262 e. The minimum absolute atomic E-state index is 0.0109. The molecule has 1 aromatic heterocycles. The largest absolute Gasteiger partial charge is 0.493 e. The number of amides is 2. The summed E-state index contributed by atoms with van der Waals surface area (Å²) in [6.07, 6.45) is 5.32. The van der Waals surface area contributed by atoms with E-state index < -0.39 is 5.91 Å². The molecule has 0 radical (unpaired) electrons. The molecule has 1 aliphatic rings. The summed E-state index contributed by atoms with van der Waals surface area (Å²) in [7, 11) is 1.48. The molecule has 0 bridgehead atoms. The molecule has 2 aromatic carbocycles. The Bertz CT molecular complexity index is 1120. The number of rotatable bonds is 7. The van der Waals surface area contributed by atoms with Crippen LogP contribution in [-0.4, -0.2) is 42.0 Å². The Morgan fingerprint density at radius 3 is 2.70 bits per heavy atom. The monoisotopic (exact) mass is 449 g/mol. The summed E-state index contributed by atoms with van der Waals surface area (Å²) in [5.41, 5.74) is 1.96. The van der Waals surface area contributed by atoms with Gasteiger partial charge in [0.25, 0.3) is 11.8 Å². The molecular formula is C25H24FN3O4. The maximum atomic E-state index is 13.2. The molecule has 33 heavy (non-hydrogen) atoms. The van der Waals surface area contributed by atoms with E-state index >= 15 is 0 Å². The number of hydrogen-bond donors (Lipinski definition) is 1. The third-order valence-electron chi connectivity index (χ3n) is 5.48. The highest BCUT2D eigenvalue weighted by atomic mass is 19.1. The van der Waals surface area contributed by atoms with E-state index in [-0.39, 0.29) is 24.4 Å². The van der Waals surface area contributed by atoms with E-state index in [4.69, 9.17) is 9.47 Å². The van der Waals surface area contributed by atoms with Gasteiger partial charge in [0.1, 0.15) is 5.82 Å². The zero-order valence-corrected chi connectivity index (χ0v) is 18.2. The maximum Gasteiger partial charge on any atom is 0.262 e. The van der Waals surface area contributed by atoms with Crippen molar-refractivity contribution in [1.82, 2.24) is 9.88 Å². The molecule has 0 aliphatic carbocycles. The molecule has 2 amide bonds. The summed E-state index contributed by atoms with van der Waals surface area (Å²) >= 11 is 0. The quantitative estimate of drug-likeness (QED) is 0.584. The van der Waals surface area contributed by atoms with Crippen molar-refractivity contribution in [3.05, 3.63) is 83.9 Å². The van der Waals surface area contributed by atoms with E-state index in [1.807, 2.05) is 17.0 Å². The van der Waals surface area contributed by atoms with E-state index in [0.717, 1.165) is 18.4 Å². The molecule has 1 aliphatic heterocycles. The first-order chi connectivity index (χ1) is 16.0. The van der Waals surface area contributed by atoms with Crippen molar-refractivity contribution < 1.29 is 23.5 Å². The molecule has 1 saturated heterocycles. The summed E-state index contributed by atoms with van der Waals surface area (Å²) in [5.74, 6) is -0.189. The number of ether oxygens (including phenoxy) is 2. The second-order valence-electron chi connectivity index (χ2n) is 7.65. The Morgan fingerprint density at radius 2 is 1.97 bits per heavy atom. The fourth-order valence-electron chi connectivity index (χ4n) is 3.89. The van der Waals surface area contributed by atoms with Gasteiger partial charge in [0, 0.05) is 30.2 Å². The van der Waals surface area contributed by atoms with E-state index in [1.165, 1.54) is 31.4 Å². The van der Waals surface area contributed by atoms with Crippen LogP contribution in [0.5, 0.6) is 11.5 Å². The van der Waals surface area contributed by atoms with Crippen LogP contribution in [0, 0.1) is 5.82 Å². The van der Waals surface area contributed by atoms with Crippen LogP contribution in [0.25, 0.3) is 0 Å². The number of nitrogens with one attached hydrogen (secondary N) is 1. The van der Waals surface area contributed by atoms with Crippen molar-refractivity contribution in [3.63, 3.8) is 0 Å². The lowest BCUT2D eigenvalue weighted by Crippen LogP contribution is -2.30. The average molecular weight is 449 g/mol. The Labute approximate surface area is 191 Å². The Balaban J connectivity index is 1.42. The number of carbonyl (C=O) groups is 2. The Morgan fingerprint density at radius 1 is 1.15 bits per heavy atom. The molecule has 0 saturated carbocycles. The van der Waals surface area contributed by atoms with Crippen molar-refractivity contribution in [1.29, 1.82) is 0 Å². The predicted molar refractivity (Wildman–Crippen MR) is 121 cm³/mol. The fourth-order valence-corrected chi connectivity index (χ4v) is 3.89. The summed E-state index contributed by atoms with van der Waals surface area (Å²) in [6.45, 7) is 0.402. The topological polar surface area (TPSA) is 80.8 Å². The van der Waals surface area contributed by atoms with Crippen molar-refractivity contribution >= 4 is 17.5 Å². The van der Waals surface area contributed by atoms with Crippen LogP contribution in [0.4, 0.5) is 10.1 Å². The molecule has 0 spiro atoms. The van der Waals surface area contributed by atoms with Gasteiger partial charge < -0.3 is 19.7 Å². The summed E-state index contributed by atoms with van der Waals surface area (Å²) < 4.78 is 24.0. The first-order valence-electron chi connectivity index (χ1n) is 10.6. The minimum Gasteiger partial charge on any atom is -0.493 e. The molecule has 2 heterocycles. The second-order valence-corrected chi connectivity index (χ2v) is 7.65. The number of methoxy groups -OCH3 is 1. The highest BCUT2D eigenvalue weighted by Crippen LogP contribution is 2.34. The van der Waals surface area contributed by atoms with Gasteiger partial charge in [-0.05, 0) is 66.9 Å². The normalized spacial score (nSPS) is 15.2. The Hall–Kier alpha value is -3.94. The number of hydrogen-bond acceptors (Lipinski definition) is 5. The Kier molecular flexibility index (Phi) is 6.83. The second kappa shape index (κ2) is 10.1. The number of halogens is 1. The lowest BCUT2D eigenvalue weighted by molar-refractivity contribution is -0.118. The van der Waals surface area contributed by atoms with Crippen molar-refractivity contribution in [2.24, 2.45) is 0 Å². The van der Waals surface area contributed by atoms with Crippen LogP contribution in [0.1, 0.15) is 34.8 Å². The van der Waals surface area contributed by atoms with Gasteiger partial charge in [0.15, 0.2) is 18.1 Å². The lowest BCUT2D eigenvalue weighted by atomic mass is 10.1. The summed E-state index contributed by atoms with van der Waals surface area (Å²) in [4.78, 5) is 31.4. The molecule has 1 N–H and O–H groups in total. The van der Waals surface area contributed by atoms with Crippen molar-refractivity contribution in [3.8, 4) is 11.5 Å². The summed E-state index contributed by atoms with van der Waals surface area (Å²) in [5, 5.41) is 2.63. The third-order valence-corrected chi connectivity index (χ3v) is 5.48. The van der Waals surface area contributed by atoms with Gasteiger partial charge in [0.05, 0.1) is 13.2 Å². The van der Waals surface area contributed by atoms with E-state index in [2.05, 4.69) is 10.3 Å². The zero-order valence-electron chi connectivity index (χ0n) is 18.2. The highest BCUT2D eigenvalue weighted by Gasteiger charge is 2.31. The van der Waals surface area contributed by atoms with Crippen molar-refractivity contribution in [2.75, 3.05) is 25.6 Å². The summed E-state index contributed by atoms with van der Waals surface area (Å²) in [6, 6.07) is 14.2. The molecular weight excluding hydrogens is 425 g/mol. The standard InChI is InChI=1S/C25H24FN3O4/c1-32-23-14-17(25(31)29-13-3-5-21(29)18-4-2-12-27-15-18)6-11-22(23)33-16-24(30)28-20-9-7-19(26)8-10-20/h2,4,6-12,14-15,21H,3,5,13,16H2,1H3,(H,28,30)/t21-/m0/s1. The highest BCUT2D eigenvalue weighted by molar-refractivity contribution is 5.95. The van der Waals surface area contributed by atoms with Crippen LogP contribution < -0.4 is 14.8 Å². The predicted octanol–water partition coefficient (Wildman–Crippen LogP) is 4.22. The van der Waals surface area contributed by atoms with E-state index in [9.17, 15) is 14.0 Å². The van der Waals surface area contributed by atoms with Gasteiger partial charge in [-0.1, -0.05) is 6.07 Å². The van der Waals surface area contributed by atoms with Gasteiger partial charge in [-0.15, -0.1) is 0 Å². The molecule has 4 rings (SSSR count). The number of benzene rings is 2. The average Bonchev–Trinajstić information content (AvgIpc) is 3.34. The van der Waals surface area contributed by atoms with Crippen LogP contribution >= 0.6 is 0 Å². The van der Waals surface area contributed by atoms with Crippen LogP contribution in [0.3, 0.4) is 0 Å². The first-order valence-corrected chi connectivity index (χ1v) is 10.6. The lowest BCUT2D eigenvalue weighted by Gasteiger charge is -2.25. The molecule has 0 unspecified atom stereocenters. The molecule has 7 nitrogen and oxygen atoms in total. The molecule has 1 atom stereocenters. The zero-order chi connectivity index (χ0) is 23.2. The fraction of sp³-hybridized carbons (Fsp3) is 0.240. The van der Waals surface area contributed by atoms with Gasteiger partial charge in [-0.2, -0.15) is 0 Å². The van der Waals surface area contributed by atoms with Crippen LogP contribution in [-0.2, 0) is 4.79 Å². The third kappa shape index (κ3) is 5.28. The molecule has 1 fully saturated rings. The number of aromatic nitrogens is 1. The van der Waals surface area contributed by atoms with Crippen molar-refractivity contribution in [2.45, 2.75) is 18.9 Å². The van der Waals surface area contributed by atoms with E-state index in [0.29, 0.717) is 29.3 Å². The SMILES string of the molecule is COc1cc(C(=O)N2CCC[C@H]2c2cccnc2)ccc1OCC(=O)Nc1ccc(F)cc1. The van der Waals surface area contributed by atoms with Gasteiger partial charge in [0.2, 0.25) is 0 Å². The minimum atomic E-state index is -0.403. The molecule has 3 aromatic rings. The number of anilines is 1.